The number of nitrogens with zero attached hydrogens (tertiary/aromatic N) is 4. The number of aromatic nitrogens is 3. The number of hydrogen-bond donors (Lipinski definition) is 4. The van der Waals surface area contributed by atoms with Crippen LogP contribution in [0.4, 0.5) is 45.3 Å². The first-order valence-electron chi connectivity index (χ1n) is 17.6. The summed E-state index contributed by atoms with van der Waals surface area (Å²) < 4.78 is 99.5. The number of ketones is 3. The zero-order valence-corrected chi connectivity index (χ0v) is 33.4. The maximum atomic E-state index is 13.7. The minimum absolute atomic E-state index is 0.0508. The van der Waals surface area contributed by atoms with Gasteiger partial charge >= 0.3 is 30.1 Å². The molecule has 0 radical (unpaired) electrons. The molecule has 2 aromatic carbocycles. The largest absolute Gasteiger partial charge is 0.458 e. The van der Waals surface area contributed by atoms with E-state index in [1.165, 1.54) is 22.1 Å². The number of guanidine groups is 1. The summed E-state index contributed by atoms with van der Waals surface area (Å²) in [5.74, 6) is -7.67. The monoisotopic (exact) mass is 926 g/mol. The van der Waals surface area contributed by atoms with Gasteiger partial charge in [-0.25, -0.2) is 9.97 Å². The highest BCUT2D eigenvalue weighted by atomic mass is 35.5. The van der Waals surface area contributed by atoms with Crippen molar-refractivity contribution in [3.05, 3.63) is 110 Å². The van der Waals surface area contributed by atoms with Crippen LogP contribution >= 0.6 is 22.9 Å². The molecule has 0 aliphatic heterocycles. The molecule has 4 aromatic rings. The van der Waals surface area contributed by atoms with Crippen LogP contribution in [0.3, 0.4) is 0 Å². The van der Waals surface area contributed by atoms with E-state index in [-0.39, 0.29) is 40.7 Å². The SMILES string of the molecule is NC(N)=NCCC[C@H](NC(=O)Cn1c(CCc2ccccc2)c(Cl)nc(NCCc2ccccc2)c1=O)C(=O)c1nccs1.O=C(C(=O)C(F)(F)F)C(F)(F)F.O=CC(F)(F)F. The summed E-state index contributed by atoms with van der Waals surface area (Å²) in [6.07, 6.45) is -13.4. The Bertz CT molecular complexity index is 2160. The van der Waals surface area contributed by atoms with Crippen LogP contribution in [0.1, 0.15) is 39.5 Å². The molecule has 14 nitrogen and oxygen atoms in total. The highest BCUT2D eigenvalue weighted by Gasteiger charge is 2.54. The Kier molecular flexibility index (Phi) is 20.4. The van der Waals surface area contributed by atoms with Crippen LogP contribution in [0.2, 0.25) is 5.15 Å². The van der Waals surface area contributed by atoms with E-state index >= 15 is 0 Å². The molecule has 62 heavy (non-hydrogen) atoms. The fourth-order valence-electron chi connectivity index (χ4n) is 4.88. The number of hydrogen-bond acceptors (Lipinski definition) is 11. The average Bonchev–Trinajstić information content (AvgIpc) is 3.75. The first-order valence-corrected chi connectivity index (χ1v) is 18.8. The normalized spacial score (nSPS) is 11.7. The van der Waals surface area contributed by atoms with Gasteiger partial charge in [0.2, 0.25) is 18.0 Å². The molecule has 0 bridgehead atoms. The van der Waals surface area contributed by atoms with Crippen molar-refractivity contribution in [1.29, 1.82) is 0 Å². The van der Waals surface area contributed by atoms with Crippen LogP contribution in [0.15, 0.2) is 82.0 Å². The number of nitrogens with one attached hydrogen (secondary N) is 2. The molecule has 6 N–H and O–H groups in total. The van der Waals surface area contributed by atoms with Gasteiger partial charge in [0.25, 0.3) is 5.56 Å². The third kappa shape index (κ3) is 18.6. The number of carbonyl (C=O) groups is 5. The standard InChI is InChI=1S/C31H35ClN8O3S.C4F6O2.C2HF3O/c32-27-24(14-13-21-8-3-1-4-9-21)40(30(43)28(39-27)35-17-15-22-10-5-2-6-11-22)20-25(41)38-23(12-7-16-37-31(33)34)26(42)29-36-18-19-44-29;5-3(6,7)1(11)2(12)4(8,9)10;3-2(4,5)1-6/h1-6,8-11,18-19,23H,7,12-17,20H2,(H,35,39)(H,38,41)(H4,33,34,37);;1H/t23-;;/m0../s1. The number of alkyl halides is 9. The lowest BCUT2D eigenvalue weighted by molar-refractivity contribution is -0.193. The zero-order valence-electron chi connectivity index (χ0n) is 31.8. The van der Waals surface area contributed by atoms with E-state index < -0.39 is 53.9 Å². The molecule has 0 saturated carbocycles. The van der Waals surface area contributed by atoms with Crippen molar-refractivity contribution < 1.29 is 63.5 Å². The van der Waals surface area contributed by atoms with E-state index in [2.05, 4.69) is 25.6 Å². The molecule has 1 atom stereocenters. The number of aryl methyl sites for hydroxylation is 1. The van der Waals surface area contributed by atoms with Crippen molar-refractivity contribution in [3.8, 4) is 0 Å². The molecule has 0 fully saturated rings. The van der Waals surface area contributed by atoms with E-state index in [1.54, 1.807) is 5.38 Å². The van der Waals surface area contributed by atoms with Gasteiger partial charge in [0.15, 0.2) is 21.9 Å². The maximum Gasteiger partial charge on any atom is 0.458 e. The van der Waals surface area contributed by atoms with Crippen molar-refractivity contribution in [2.75, 3.05) is 18.4 Å². The predicted molar refractivity (Wildman–Crippen MR) is 209 cm³/mol. The number of aldehydes is 1. The molecule has 0 aliphatic carbocycles. The van der Waals surface area contributed by atoms with Crippen LogP contribution in [0.5, 0.6) is 0 Å². The summed E-state index contributed by atoms with van der Waals surface area (Å²) in [5, 5.41) is 7.97. The second kappa shape index (κ2) is 24.3. The molecule has 0 saturated heterocycles. The Morgan fingerprint density at radius 2 is 1.39 bits per heavy atom. The van der Waals surface area contributed by atoms with Crippen molar-refractivity contribution in [2.45, 2.75) is 63.2 Å². The number of thiazole rings is 1. The summed E-state index contributed by atoms with van der Waals surface area (Å²) in [5.41, 5.74) is 12.9. The number of benzene rings is 2. The third-order valence-electron chi connectivity index (χ3n) is 7.66. The van der Waals surface area contributed by atoms with E-state index in [1.807, 2.05) is 60.7 Å². The molecule has 4 rings (SSSR count). The number of Topliss-reactive ketones (excluding diaryl/α,β-unsaturated/α-hetero) is 3. The molecule has 336 valence electrons. The van der Waals surface area contributed by atoms with Crippen molar-refractivity contribution >= 4 is 64.3 Å². The minimum atomic E-state index is -5.77. The average molecular weight is 927 g/mol. The Hall–Kier alpha value is -6.17. The van der Waals surface area contributed by atoms with Gasteiger partial charge in [-0.2, -0.15) is 39.5 Å². The van der Waals surface area contributed by atoms with Gasteiger partial charge in [-0.1, -0.05) is 72.3 Å². The summed E-state index contributed by atoms with van der Waals surface area (Å²) in [7, 11) is 0. The molecule has 2 aromatic heterocycles. The van der Waals surface area contributed by atoms with Gasteiger partial charge in [-0.15, -0.1) is 11.3 Å². The van der Waals surface area contributed by atoms with E-state index in [0.717, 1.165) is 11.1 Å². The summed E-state index contributed by atoms with van der Waals surface area (Å²) >= 11 is 7.83. The molecule has 2 heterocycles. The molecule has 0 unspecified atom stereocenters. The number of anilines is 1. The molecule has 0 spiro atoms. The fourth-order valence-corrected chi connectivity index (χ4v) is 5.79. The van der Waals surface area contributed by atoms with E-state index in [9.17, 15) is 63.5 Å². The van der Waals surface area contributed by atoms with Crippen molar-refractivity contribution in [1.82, 2.24) is 19.9 Å². The van der Waals surface area contributed by atoms with Crippen LogP contribution < -0.4 is 27.7 Å². The maximum absolute atomic E-state index is 13.7. The third-order valence-corrected chi connectivity index (χ3v) is 8.75. The number of amides is 1. The van der Waals surface area contributed by atoms with Gasteiger partial charge < -0.3 is 22.1 Å². The van der Waals surface area contributed by atoms with Gasteiger partial charge in [-0.05, 0) is 43.2 Å². The first-order chi connectivity index (χ1) is 28.9. The number of nitrogens with two attached hydrogens (primary N) is 2. The van der Waals surface area contributed by atoms with Gasteiger partial charge in [0.05, 0.1) is 11.7 Å². The molecule has 0 aliphatic rings. The fraction of sp³-hybridized carbons (Fsp3) is 0.324. The topological polar surface area (TPSA) is 222 Å². The lowest BCUT2D eigenvalue weighted by Crippen LogP contribution is -2.44. The lowest BCUT2D eigenvalue weighted by atomic mass is 10.1. The molecular formula is C37H36ClF9N8O6S. The van der Waals surface area contributed by atoms with E-state index in [4.69, 9.17) is 27.9 Å². The Morgan fingerprint density at radius 3 is 1.85 bits per heavy atom. The molecular weight excluding hydrogens is 891 g/mol. The number of halogens is 10. The van der Waals surface area contributed by atoms with Crippen molar-refractivity contribution in [2.24, 2.45) is 16.5 Å². The van der Waals surface area contributed by atoms with Gasteiger partial charge in [0, 0.05) is 24.7 Å². The van der Waals surface area contributed by atoms with Crippen LogP contribution in [0.25, 0.3) is 0 Å². The second-order valence-corrected chi connectivity index (χ2v) is 13.6. The van der Waals surface area contributed by atoms with Crippen LogP contribution in [0, 0.1) is 0 Å². The van der Waals surface area contributed by atoms with Crippen LogP contribution in [-0.4, -0.2) is 87.7 Å². The Labute approximate surface area is 354 Å². The molecule has 25 heteroatoms. The summed E-state index contributed by atoms with van der Waals surface area (Å²) in [6, 6.07) is 18.7. The number of carbonyl (C=O) groups excluding carboxylic acids is 5. The first kappa shape index (κ1) is 52.0. The second-order valence-electron chi connectivity index (χ2n) is 12.3. The quantitative estimate of drug-likeness (QED) is 0.0205. The molecule has 1 amide bonds. The van der Waals surface area contributed by atoms with Crippen molar-refractivity contribution in [3.63, 3.8) is 0 Å². The Morgan fingerprint density at radius 1 is 0.855 bits per heavy atom. The minimum Gasteiger partial charge on any atom is -0.370 e. The number of rotatable bonds is 17. The van der Waals surface area contributed by atoms with Gasteiger partial charge in [-0.3, -0.25) is 38.3 Å². The smallest absolute Gasteiger partial charge is 0.370 e. The zero-order chi connectivity index (χ0) is 46.7. The van der Waals surface area contributed by atoms with Gasteiger partial charge in [0.1, 0.15) is 6.54 Å². The van der Waals surface area contributed by atoms with E-state index in [0.29, 0.717) is 44.5 Å². The summed E-state index contributed by atoms with van der Waals surface area (Å²) in [4.78, 5) is 80.7. The predicted octanol–water partition coefficient (Wildman–Crippen LogP) is 5.21. The van der Waals surface area contributed by atoms with Crippen LogP contribution in [-0.2, 0) is 45.0 Å². The highest BCUT2D eigenvalue weighted by molar-refractivity contribution is 7.11. The number of aliphatic imine (C=N–C) groups is 1. The highest BCUT2D eigenvalue weighted by Crippen LogP contribution is 2.24. The lowest BCUT2D eigenvalue weighted by Gasteiger charge is -2.19. The summed E-state index contributed by atoms with van der Waals surface area (Å²) in [6.45, 7) is 0.382. The Balaban J connectivity index is 0.000000613.